The van der Waals surface area contributed by atoms with Gasteiger partial charge in [0.2, 0.25) is 10.0 Å². The zero-order chi connectivity index (χ0) is 23.0. The number of carbonyl (C=O) groups is 1. The van der Waals surface area contributed by atoms with E-state index in [1.807, 2.05) is 12.1 Å². The number of urea groups is 1. The maximum Gasteiger partial charge on any atom is 0.319 e. The number of sulfonamides is 1. The lowest BCUT2D eigenvalue weighted by Crippen LogP contribution is -2.30. The average molecular weight is 453 g/mol. The largest absolute Gasteiger partial charge is 0.338 e. The molecule has 1 aromatic heterocycles. The summed E-state index contributed by atoms with van der Waals surface area (Å²) in [6, 6.07) is 13.1. The average Bonchev–Trinajstić information content (AvgIpc) is 2.79. The van der Waals surface area contributed by atoms with E-state index >= 15 is 0 Å². The minimum atomic E-state index is -3.78. The Hall–Kier alpha value is -3.74. The van der Waals surface area contributed by atoms with E-state index in [-0.39, 0.29) is 10.5 Å². The van der Waals surface area contributed by atoms with Gasteiger partial charge in [-0.2, -0.15) is 0 Å². The molecule has 0 unspecified atom stereocenters. The van der Waals surface area contributed by atoms with Crippen LogP contribution in [-0.2, 0) is 16.4 Å². The standard InChI is InChI=1S/C23H21FN4O3S/c1-25-32(30,31)22-11-10-21(15-19(22)7-4-17-5-8-20(24)9-6-17)28-23(29)27-14-12-18-3-2-13-26-16-18/h2-3,5-6,8-11,13,15-16,25H,12,14H2,1H3,(H2,27,28,29). The van der Waals surface area contributed by atoms with E-state index in [1.54, 1.807) is 12.4 Å². The Morgan fingerprint density at radius 3 is 2.56 bits per heavy atom. The second-order valence-corrected chi connectivity index (χ2v) is 8.52. The van der Waals surface area contributed by atoms with Crippen LogP contribution in [0.15, 0.2) is 71.9 Å². The van der Waals surface area contributed by atoms with Crippen molar-refractivity contribution in [2.24, 2.45) is 0 Å². The first-order chi connectivity index (χ1) is 15.4. The van der Waals surface area contributed by atoms with Crippen LogP contribution in [0.2, 0.25) is 0 Å². The fourth-order valence-corrected chi connectivity index (χ4v) is 3.63. The Labute approximate surface area is 186 Å². The number of nitrogens with zero attached hydrogens (tertiary/aromatic N) is 1. The number of hydrogen-bond acceptors (Lipinski definition) is 4. The number of halogens is 1. The molecule has 2 aromatic carbocycles. The summed E-state index contributed by atoms with van der Waals surface area (Å²) in [5.74, 6) is 5.22. The van der Waals surface area contributed by atoms with E-state index in [0.29, 0.717) is 24.2 Å². The molecule has 7 nitrogen and oxygen atoms in total. The minimum Gasteiger partial charge on any atom is -0.338 e. The normalized spacial score (nSPS) is 10.7. The lowest BCUT2D eigenvalue weighted by molar-refractivity contribution is 0.252. The number of pyridine rings is 1. The Bertz CT molecular complexity index is 1250. The molecule has 1 heterocycles. The van der Waals surface area contributed by atoms with Gasteiger partial charge in [-0.3, -0.25) is 4.98 Å². The van der Waals surface area contributed by atoms with Crippen LogP contribution in [0.3, 0.4) is 0 Å². The van der Waals surface area contributed by atoms with Crippen molar-refractivity contribution in [2.75, 3.05) is 18.9 Å². The van der Waals surface area contributed by atoms with E-state index in [2.05, 4.69) is 32.2 Å². The molecule has 3 rings (SSSR count). The highest BCUT2D eigenvalue weighted by atomic mass is 32.2. The SMILES string of the molecule is CNS(=O)(=O)c1ccc(NC(=O)NCCc2cccnc2)cc1C#Cc1ccc(F)cc1. The van der Waals surface area contributed by atoms with Gasteiger partial charge in [0.05, 0.1) is 4.90 Å². The number of rotatable bonds is 6. The first-order valence-corrected chi connectivity index (χ1v) is 11.1. The molecule has 0 aliphatic carbocycles. The van der Waals surface area contributed by atoms with Gasteiger partial charge in [-0.05, 0) is 67.6 Å². The van der Waals surface area contributed by atoms with Gasteiger partial charge < -0.3 is 10.6 Å². The summed E-state index contributed by atoms with van der Waals surface area (Å²) in [7, 11) is -2.48. The number of hydrogen-bond donors (Lipinski definition) is 3. The van der Waals surface area contributed by atoms with E-state index in [1.165, 1.54) is 49.5 Å². The molecule has 0 saturated heterocycles. The van der Waals surface area contributed by atoms with Gasteiger partial charge in [0.1, 0.15) is 5.82 Å². The fourth-order valence-electron chi connectivity index (χ4n) is 2.76. The van der Waals surface area contributed by atoms with Crippen LogP contribution in [0.25, 0.3) is 0 Å². The van der Waals surface area contributed by atoms with Gasteiger partial charge in [-0.25, -0.2) is 22.3 Å². The van der Waals surface area contributed by atoms with Crippen LogP contribution in [-0.4, -0.2) is 33.0 Å². The second kappa shape index (κ2) is 10.5. The summed E-state index contributed by atoms with van der Waals surface area (Å²) < 4.78 is 40.1. The van der Waals surface area contributed by atoms with Crippen LogP contribution >= 0.6 is 0 Å². The molecule has 3 N–H and O–H groups in total. The minimum absolute atomic E-state index is 0.0304. The molecule has 0 atom stereocenters. The van der Waals surface area contributed by atoms with Crippen LogP contribution in [0, 0.1) is 17.7 Å². The number of aromatic nitrogens is 1. The number of amides is 2. The van der Waals surface area contributed by atoms with Gasteiger partial charge >= 0.3 is 6.03 Å². The van der Waals surface area contributed by atoms with Gasteiger partial charge in [-0.15, -0.1) is 0 Å². The first kappa shape index (κ1) is 22.9. The molecular formula is C23H21FN4O3S. The van der Waals surface area contributed by atoms with Crippen molar-refractivity contribution in [3.63, 3.8) is 0 Å². The van der Waals surface area contributed by atoms with Gasteiger partial charge in [0, 0.05) is 35.8 Å². The Morgan fingerprint density at radius 1 is 1.09 bits per heavy atom. The highest BCUT2D eigenvalue weighted by molar-refractivity contribution is 7.89. The van der Waals surface area contributed by atoms with Crippen LogP contribution in [0.1, 0.15) is 16.7 Å². The van der Waals surface area contributed by atoms with E-state index in [4.69, 9.17) is 0 Å². The monoisotopic (exact) mass is 452 g/mol. The Balaban J connectivity index is 1.76. The summed E-state index contributed by atoms with van der Waals surface area (Å²) >= 11 is 0. The van der Waals surface area contributed by atoms with E-state index < -0.39 is 21.9 Å². The Morgan fingerprint density at radius 2 is 1.88 bits per heavy atom. The third-order valence-electron chi connectivity index (χ3n) is 4.40. The van der Waals surface area contributed by atoms with Gasteiger partial charge in [0.15, 0.2) is 0 Å². The van der Waals surface area contributed by atoms with E-state index in [9.17, 15) is 17.6 Å². The summed E-state index contributed by atoms with van der Waals surface area (Å²) in [5.41, 5.74) is 2.08. The number of benzene rings is 2. The quantitative estimate of drug-likeness (QED) is 0.501. The molecule has 2 amide bonds. The number of carbonyl (C=O) groups excluding carboxylic acids is 1. The van der Waals surface area contributed by atoms with Crippen LogP contribution < -0.4 is 15.4 Å². The molecule has 0 spiro atoms. The zero-order valence-electron chi connectivity index (χ0n) is 17.2. The molecule has 3 aromatic rings. The molecule has 0 aliphatic heterocycles. The highest BCUT2D eigenvalue weighted by Gasteiger charge is 2.16. The highest BCUT2D eigenvalue weighted by Crippen LogP contribution is 2.20. The molecule has 164 valence electrons. The molecule has 32 heavy (non-hydrogen) atoms. The molecular weight excluding hydrogens is 431 g/mol. The summed E-state index contributed by atoms with van der Waals surface area (Å²) in [4.78, 5) is 16.2. The van der Waals surface area contributed by atoms with Gasteiger partial charge in [0.25, 0.3) is 0 Å². The van der Waals surface area contributed by atoms with Crippen molar-refractivity contribution in [3.05, 3.63) is 89.5 Å². The summed E-state index contributed by atoms with van der Waals surface area (Å²) in [6.45, 7) is 0.404. The lowest BCUT2D eigenvalue weighted by Gasteiger charge is -2.10. The second-order valence-electron chi connectivity index (χ2n) is 6.67. The molecule has 0 aliphatic rings. The molecule has 0 saturated carbocycles. The third-order valence-corrected chi connectivity index (χ3v) is 5.88. The van der Waals surface area contributed by atoms with Crippen LogP contribution in [0.5, 0.6) is 0 Å². The van der Waals surface area contributed by atoms with Crippen molar-refractivity contribution in [1.29, 1.82) is 0 Å². The smallest absolute Gasteiger partial charge is 0.319 e. The molecule has 0 fully saturated rings. The zero-order valence-corrected chi connectivity index (χ0v) is 18.0. The van der Waals surface area contributed by atoms with Crippen molar-refractivity contribution >= 4 is 21.7 Å². The van der Waals surface area contributed by atoms with Crippen molar-refractivity contribution in [2.45, 2.75) is 11.3 Å². The van der Waals surface area contributed by atoms with Crippen molar-refractivity contribution in [1.82, 2.24) is 15.0 Å². The molecule has 9 heteroatoms. The number of nitrogens with one attached hydrogen (secondary N) is 3. The van der Waals surface area contributed by atoms with Crippen molar-refractivity contribution in [3.8, 4) is 11.8 Å². The first-order valence-electron chi connectivity index (χ1n) is 9.66. The third kappa shape index (κ3) is 6.38. The van der Waals surface area contributed by atoms with E-state index in [0.717, 1.165) is 5.56 Å². The summed E-state index contributed by atoms with van der Waals surface area (Å²) in [6.07, 6.45) is 4.03. The summed E-state index contributed by atoms with van der Waals surface area (Å²) in [5, 5.41) is 5.41. The maximum absolute atomic E-state index is 13.1. The predicted octanol–water partition coefficient (Wildman–Crippen LogP) is 2.89. The fraction of sp³-hybridized carbons (Fsp3) is 0.130. The lowest BCUT2D eigenvalue weighted by atomic mass is 10.1. The molecule has 0 bridgehead atoms. The van der Waals surface area contributed by atoms with Crippen molar-refractivity contribution < 1.29 is 17.6 Å². The maximum atomic E-state index is 13.1. The Kier molecular flexibility index (Phi) is 7.54. The topological polar surface area (TPSA) is 100 Å². The van der Waals surface area contributed by atoms with Gasteiger partial charge in [-0.1, -0.05) is 17.9 Å². The molecule has 0 radical (unpaired) electrons. The number of anilines is 1. The predicted molar refractivity (Wildman–Crippen MR) is 120 cm³/mol. The van der Waals surface area contributed by atoms with Crippen LogP contribution in [0.4, 0.5) is 14.9 Å².